The molecular weight excluding hydrogens is 212 g/mol. The van der Waals surface area contributed by atoms with Crippen molar-refractivity contribution in [2.75, 3.05) is 0 Å². The Morgan fingerprint density at radius 3 is 2.38 bits per heavy atom. The van der Waals surface area contributed by atoms with Crippen LogP contribution in [0.2, 0.25) is 25.7 Å². The molecule has 0 aliphatic rings. The van der Waals surface area contributed by atoms with Gasteiger partial charge < -0.3 is 0 Å². The predicted octanol–water partition coefficient (Wildman–Crippen LogP) is 4.16. The van der Waals surface area contributed by atoms with Gasteiger partial charge in [0.25, 0.3) is 0 Å². The van der Waals surface area contributed by atoms with E-state index >= 15 is 0 Å². The fraction of sp³-hybridized carbons (Fsp3) is 0.500. The molecule has 1 rings (SSSR count). The van der Waals surface area contributed by atoms with Gasteiger partial charge in [0.2, 0.25) is 0 Å². The van der Waals surface area contributed by atoms with Crippen LogP contribution in [0, 0.1) is 0 Å². The lowest BCUT2D eigenvalue weighted by atomic mass is 10.0. The Hall–Kier alpha value is -0.893. The third kappa shape index (κ3) is 3.93. The highest BCUT2D eigenvalue weighted by Gasteiger charge is 2.15. The average molecular weight is 234 g/mol. The molecule has 0 unspecified atom stereocenters. The monoisotopic (exact) mass is 234 g/mol. The first kappa shape index (κ1) is 13.2. The molecule has 0 fully saturated rings. The molecule has 16 heavy (non-hydrogen) atoms. The first-order valence-corrected chi connectivity index (χ1v) is 9.76. The summed E-state index contributed by atoms with van der Waals surface area (Å²) in [6.07, 6.45) is 1.65. The van der Waals surface area contributed by atoms with Crippen molar-refractivity contribution in [3.05, 3.63) is 35.4 Å². The molecule has 1 aromatic carbocycles. The van der Waals surface area contributed by atoms with Crippen molar-refractivity contribution in [1.29, 1.82) is 0 Å². The van der Waals surface area contributed by atoms with E-state index < -0.39 is 8.07 Å². The minimum Gasteiger partial charge on any atom is -0.294 e. The van der Waals surface area contributed by atoms with Crippen molar-refractivity contribution < 1.29 is 4.79 Å². The van der Waals surface area contributed by atoms with Gasteiger partial charge in [-0.25, -0.2) is 0 Å². The molecular formula is C14H22OSi. The van der Waals surface area contributed by atoms with Gasteiger partial charge in [0, 0.05) is 20.1 Å². The number of carbonyl (C=O) groups excluding carboxylic acids is 1. The highest BCUT2D eigenvalue weighted by atomic mass is 28.3. The smallest absolute Gasteiger partial charge is 0.162 e. The van der Waals surface area contributed by atoms with Gasteiger partial charge >= 0.3 is 0 Å². The predicted molar refractivity (Wildman–Crippen MR) is 72.9 cm³/mol. The van der Waals surface area contributed by atoms with Gasteiger partial charge in [-0.2, -0.15) is 0 Å². The van der Waals surface area contributed by atoms with Crippen LogP contribution in [0.5, 0.6) is 0 Å². The van der Waals surface area contributed by atoms with Gasteiger partial charge in [-0.3, -0.25) is 4.79 Å². The Balaban J connectivity index is 2.83. The molecule has 0 heterocycles. The zero-order valence-electron chi connectivity index (χ0n) is 10.8. The van der Waals surface area contributed by atoms with Crippen molar-refractivity contribution in [1.82, 2.24) is 0 Å². The van der Waals surface area contributed by atoms with Crippen molar-refractivity contribution in [3.8, 4) is 0 Å². The fourth-order valence-corrected chi connectivity index (χ4v) is 2.73. The third-order valence-electron chi connectivity index (χ3n) is 2.78. The van der Waals surface area contributed by atoms with Crippen LogP contribution in [-0.2, 0) is 6.42 Å². The average Bonchev–Trinajstić information content (AvgIpc) is 2.25. The van der Waals surface area contributed by atoms with Crippen LogP contribution in [-0.4, -0.2) is 13.9 Å². The first-order valence-electron chi connectivity index (χ1n) is 6.05. The topological polar surface area (TPSA) is 17.1 Å². The zero-order chi connectivity index (χ0) is 12.2. The van der Waals surface area contributed by atoms with Gasteiger partial charge in [0.05, 0.1) is 0 Å². The SMILES string of the molecule is CCC(=O)c1ccccc1CC[Si](C)(C)C. The fourth-order valence-electron chi connectivity index (χ4n) is 1.71. The zero-order valence-corrected chi connectivity index (χ0v) is 11.8. The standard InChI is InChI=1S/C14H22OSi/c1-5-14(15)13-9-7-6-8-12(13)10-11-16(2,3)4/h6-9H,5,10-11H2,1-4H3. The number of rotatable bonds is 5. The van der Waals surface area contributed by atoms with Crippen LogP contribution in [0.25, 0.3) is 0 Å². The highest BCUT2D eigenvalue weighted by Crippen LogP contribution is 2.18. The van der Waals surface area contributed by atoms with Gasteiger partial charge in [0.15, 0.2) is 5.78 Å². The van der Waals surface area contributed by atoms with Crippen LogP contribution in [0.3, 0.4) is 0 Å². The molecule has 1 aromatic rings. The Bertz CT molecular complexity index is 363. The summed E-state index contributed by atoms with van der Waals surface area (Å²) in [6.45, 7) is 9.05. The molecule has 1 nitrogen and oxygen atoms in total. The van der Waals surface area contributed by atoms with E-state index in [0.29, 0.717) is 6.42 Å². The lowest BCUT2D eigenvalue weighted by Gasteiger charge is -2.16. The highest BCUT2D eigenvalue weighted by molar-refractivity contribution is 6.76. The third-order valence-corrected chi connectivity index (χ3v) is 4.53. The second kappa shape index (κ2) is 5.44. The van der Waals surface area contributed by atoms with Crippen LogP contribution in [0.4, 0.5) is 0 Å². The van der Waals surface area contributed by atoms with Crippen LogP contribution in [0.1, 0.15) is 29.3 Å². The number of carbonyl (C=O) groups is 1. The normalized spacial score (nSPS) is 11.5. The molecule has 0 aromatic heterocycles. The molecule has 0 amide bonds. The number of hydrogen-bond donors (Lipinski definition) is 0. The Labute approximate surface area is 99.9 Å². The maximum absolute atomic E-state index is 11.8. The molecule has 0 saturated heterocycles. The minimum absolute atomic E-state index is 0.270. The number of ketones is 1. The van der Waals surface area contributed by atoms with Crippen molar-refractivity contribution >= 4 is 13.9 Å². The van der Waals surface area contributed by atoms with E-state index in [9.17, 15) is 4.79 Å². The number of aryl methyl sites for hydroxylation is 1. The van der Waals surface area contributed by atoms with E-state index in [1.54, 1.807) is 0 Å². The van der Waals surface area contributed by atoms with Gasteiger partial charge in [-0.1, -0.05) is 56.9 Å². The summed E-state index contributed by atoms with van der Waals surface area (Å²) < 4.78 is 0. The van der Waals surface area contributed by atoms with Crippen LogP contribution < -0.4 is 0 Å². The quantitative estimate of drug-likeness (QED) is 0.552. The Morgan fingerprint density at radius 1 is 1.19 bits per heavy atom. The summed E-state index contributed by atoms with van der Waals surface area (Å²) in [5.74, 6) is 0.270. The van der Waals surface area contributed by atoms with E-state index in [0.717, 1.165) is 12.0 Å². The van der Waals surface area contributed by atoms with E-state index in [1.165, 1.54) is 11.6 Å². The molecule has 0 radical (unpaired) electrons. The van der Waals surface area contributed by atoms with Gasteiger partial charge in [0.1, 0.15) is 0 Å². The molecule has 0 N–H and O–H groups in total. The summed E-state index contributed by atoms with van der Waals surface area (Å²) in [4.78, 5) is 11.8. The summed E-state index contributed by atoms with van der Waals surface area (Å²) in [5.41, 5.74) is 2.17. The lowest BCUT2D eigenvalue weighted by molar-refractivity contribution is 0.0987. The second-order valence-corrected chi connectivity index (χ2v) is 11.1. The van der Waals surface area contributed by atoms with E-state index in [1.807, 2.05) is 25.1 Å². The number of Topliss-reactive ketones (excluding diaryl/α,β-unsaturated/α-hetero) is 1. The molecule has 0 aliphatic carbocycles. The number of benzene rings is 1. The minimum atomic E-state index is -1.02. The van der Waals surface area contributed by atoms with Crippen molar-refractivity contribution in [2.45, 2.75) is 45.5 Å². The first-order chi connectivity index (χ1) is 7.44. The van der Waals surface area contributed by atoms with Gasteiger partial charge in [-0.05, 0) is 12.0 Å². The largest absolute Gasteiger partial charge is 0.294 e. The number of hydrogen-bond acceptors (Lipinski definition) is 1. The Kier molecular flexibility index (Phi) is 4.48. The maximum Gasteiger partial charge on any atom is 0.162 e. The molecule has 0 atom stereocenters. The van der Waals surface area contributed by atoms with E-state index in [-0.39, 0.29) is 5.78 Å². The van der Waals surface area contributed by atoms with Gasteiger partial charge in [-0.15, -0.1) is 0 Å². The van der Waals surface area contributed by atoms with E-state index in [4.69, 9.17) is 0 Å². The van der Waals surface area contributed by atoms with E-state index in [2.05, 4.69) is 25.7 Å². The van der Waals surface area contributed by atoms with Crippen molar-refractivity contribution in [3.63, 3.8) is 0 Å². The Morgan fingerprint density at radius 2 is 1.81 bits per heavy atom. The summed E-state index contributed by atoms with van der Waals surface area (Å²) in [7, 11) is -1.02. The molecule has 88 valence electrons. The second-order valence-electron chi connectivity index (χ2n) is 5.49. The lowest BCUT2D eigenvalue weighted by Crippen LogP contribution is -2.20. The summed E-state index contributed by atoms with van der Waals surface area (Å²) in [6, 6.07) is 9.31. The molecule has 0 saturated carbocycles. The molecule has 0 bridgehead atoms. The van der Waals surface area contributed by atoms with Crippen LogP contribution in [0.15, 0.2) is 24.3 Å². The summed E-state index contributed by atoms with van der Waals surface area (Å²) in [5, 5.41) is 0. The molecule has 0 spiro atoms. The summed E-state index contributed by atoms with van der Waals surface area (Å²) >= 11 is 0. The maximum atomic E-state index is 11.8. The van der Waals surface area contributed by atoms with Crippen molar-refractivity contribution in [2.24, 2.45) is 0 Å². The molecule has 0 aliphatic heterocycles. The van der Waals surface area contributed by atoms with Crippen LogP contribution >= 0.6 is 0 Å². The molecule has 2 heteroatoms.